The van der Waals surface area contributed by atoms with Gasteiger partial charge in [-0.2, -0.15) is 9.41 Å². The quantitative estimate of drug-likeness (QED) is 0.273. The number of carbonyl (C=O) groups is 1. The Hall–Kier alpha value is -3.31. The predicted octanol–water partition coefficient (Wildman–Crippen LogP) is 4.36. The number of rotatable bonds is 11. The first-order valence-corrected chi connectivity index (χ1v) is 13.0. The second-order valence-corrected chi connectivity index (χ2v) is 10.3. The van der Waals surface area contributed by atoms with Crippen molar-refractivity contribution >= 4 is 45.3 Å². The molecule has 0 atom stereocenters. The fourth-order valence-electron chi connectivity index (χ4n) is 3.40. The fraction of sp³-hybridized carbons (Fsp3) is 0.200. The molecular weight excluding hydrogens is 541 g/mol. The van der Waals surface area contributed by atoms with E-state index in [4.69, 9.17) is 37.4 Å². The van der Waals surface area contributed by atoms with Crippen molar-refractivity contribution in [3.63, 3.8) is 0 Å². The van der Waals surface area contributed by atoms with E-state index < -0.39 is 22.5 Å². The molecule has 0 unspecified atom stereocenters. The molecular formula is C25H25Cl2N3O6S. The minimum absolute atomic E-state index is 0.0338. The number of carbonyl (C=O) groups excluding carboxylic acids is 1. The van der Waals surface area contributed by atoms with Crippen molar-refractivity contribution in [2.24, 2.45) is 5.10 Å². The molecule has 1 amide bonds. The van der Waals surface area contributed by atoms with Crippen LogP contribution in [0.5, 0.6) is 17.2 Å². The number of benzene rings is 3. The molecule has 0 radical (unpaired) electrons. The Morgan fingerprint density at radius 3 is 2.30 bits per heavy atom. The molecule has 12 heteroatoms. The molecule has 196 valence electrons. The maximum Gasteiger partial charge on any atom is 0.255 e. The fourth-order valence-corrected chi connectivity index (χ4v) is 5.27. The zero-order chi connectivity index (χ0) is 27.0. The molecule has 0 fully saturated rings. The Balaban J connectivity index is 1.83. The lowest BCUT2D eigenvalue weighted by Gasteiger charge is -2.22. The van der Waals surface area contributed by atoms with Crippen LogP contribution in [-0.4, -0.2) is 52.7 Å². The minimum Gasteiger partial charge on any atom is -0.493 e. The molecule has 0 heterocycles. The highest BCUT2D eigenvalue weighted by Gasteiger charge is 2.27. The van der Waals surface area contributed by atoms with E-state index >= 15 is 0 Å². The van der Waals surface area contributed by atoms with Gasteiger partial charge in [-0.1, -0.05) is 47.5 Å². The number of ether oxygens (including phenoxy) is 3. The Bertz CT molecular complexity index is 1380. The van der Waals surface area contributed by atoms with Crippen molar-refractivity contribution in [1.82, 2.24) is 9.73 Å². The number of halogens is 2. The maximum absolute atomic E-state index is 13.4. The van der Waals surface area contributed by atoms with Crippen molar-refractivity contribution in [3.05, 3.63) is 81.8 Å². The minimum atomic E-state index is -4.05. The average Bonchev–Trinajstić information content (AvgIpc) is 2.89. The molecule has 3 rings (SSSR count). The monoisotopic (exact) mass is 565 g/mol. The molecule has 0 saturated carbocycles. The Morgan fingerprint density at radius 2 is 1.68 bits per heavy atom. The molecule has 3 aromatic rings. The van der Waals surface area contributed by atoms with Crippen LogP contribution < -0.4 is 19.6 Å². The summed E-state index contributed by atoms with van der Waals surface area (Å²) in [6, 6.07) is 15.8. The number of sulfonamides is 1. The van der Waals surface area contributed by atoms with Gasteiger partial charge in [0, 0.05) is 22.2 Å². The van der Waals surface area contributed by atoms with E-state index in [1.807, 2.05) is 0 Å². The molecule has 0 aromatic heterocycles. The van der Waals surface area contributed by atoms with Gasteiger partial charge in [-0.25, -0.2) is 13.8 Å². The van der Waals surface area contributed by atoms with E-state index in [-0.39, 0.29) is 16.5 Å². The second kappa shape index (κ2) is 12.8. The lowest BCUT2D eigenvalue weighted by molar-refractivity contribution is -0.121. The Labute approximate surface area is 225 Å². The molecule has 0 aliphatic rings. The van der Waals surface area contributed by atoms with Gasteiger partial charge in [-0.05, 0) is 42.0 Å². The SMILES string of the molecule is COc1ccc(/C=N\NC(=O)CN(Cc2ccc(Cl)cc2Cl)S(=O)(=O)c2ccccc2)c(OC)c1OC. The molecule has 0 bridgehead atoms. The third kappa shape index (κ3) is 6.92. The largest absolute Gasteiger partial charge is 0.493 e. The van der Waals surface area contributed by atoms with Crippen molar-refractivity contribution < 1.29 is 27.4 Å². The van der Waals surface area contributed by atoms with E-state index in [9.17, 15) is 13.2 Å². The van der Waals surface area contributed by atoms with Gasteiger partial charge < -0.3 is 14.2 Å². The first kappa shape index (κ1) is 28.3. The van der Waals surface area contributed by atoms with Gasteiger partial charge in [0.2, 0.25) is 15.8 Å². The number of hydrogen-bond donors (Lipinski definition) is 1. The molecule has 9 nitrogen and oxygen atoms in total. The molecule has 0 saturated heterocycles. The van der Waals surface area contributed by atoms with Crippen molar-refractivity contribution in [3.8, 4) is 17.2 Å². The molecule has 0 spiro atoms. The van der Waals surface area contributed by atoms with Gasteiger partial charge >= 0.3 is 0 Å². The lowest BCUT2D eigenvalue weighted by Crippen LogP contribution is -2.39. The Morgan fingerprint density at radius 1 is 0.973 bits per heavy atom. The summed E-state index contributed by atoms with van der Waals surface area (Å²) in [7, 11) is 0.380. The summed E-state index contributed by atoms with van der Waals surface area (Å²) in [6.07, 6.45) is 1.35. The van der Waals surface area contributed by atoms with Crippen molar-refractivity contribution in [2.75, 3.05) is 27.9 Å². The summed E-state index contributed by atoms with van der Waals surface area (Å²) in [6.45, 7) is -0.676. The molecule has 0 aliphatic carbocycles. The summed E-state index contributed by atoms with van der Waals surface area (Å²) in [5.74, 6) is 0.509. The summed E-state index contributed by atoms with van der Waals surface area (Å²) < 4.78 is 43.7. The zero-order valence-electron chi connectivity index (χ0n) is 20.3. The topological polar surface area (TPSA) is 107 Å². The summed E-state index contributed by atoms with van der Waals surface area (Å²) in [5.41, 5.74) is 3.34. The highest BCUT2D eigenvalue weighted by Crippen LogP contribution is 2.39. The predicted molar refractivity (Wildman–Crippen MR) is 142 cm³/mol. The van der Waals surface area contributed by atoms with Crippen molar-refractivity contribution in [1.29, 1.82) is 0 Å². The van der Waals surface area contributed by atoms with Crippen LogP contribution in [0, 0.1) is 0 Å². The van der Waals surface area contributed by atoms with Crippen LogP contribution >= 0.6 is 23.2 Å². The smallest absolute Gasteiger partial charge is 0.255 e. The van der Waals surface area contributed by atoms with Crippen LogP contribution in [0.4, 0.5) is 0 Å². The van der Waals surface area contributed by atoms with Gasteiger partial charge in [-0.15, -0.1) is 0 Å². The van der Waals surface area contributed by atoms with Crippen LogP contribution in [-0.2, 0) is 21.4 Å². The van der Waals surface area contributed by atoms with Crippen LogP contribution in [0.3, 0.4) is 0 Å². The number of nitrogens with one attached hydrogen (secondary N) is 1. The van der Waals surface area contributed by atoms with Gasteiger partial charge in [-0.3, -0.25) is 4.79 Å². The summed E-state index contributed by atoms with van der Waals surface area (Å²) >= 11 is 12.2. The van der Waals surface area contributed by atoms with E-state index in [1.165, 1.54) is 45.7 Å². The third-order valence-electron chi connectivity index (χ3n) is 5.19. The number of hydrogen-bond acceptors (Lipinski definition) is 7. The van der Waals surface area contributed by atoms with E-state index in [2.05, 4.69) is 10.5 Å². The van der Waals surface area contributed by atoms with Crippen molar-refractivity contribution in [2.45, 2.75) is 11.4 Å². The number of nitrogens with zero attached hydrogens (tertiary/aromatic N) is 2. The van der Waals surface area contributed by atoms with Crippen LogP contribution in [0.15, 0.2) is 70.7 Å². The van der Waals surface area contributed by atoms with Crippen LogP contribution in [0.1, 0.15) is 11.1 Å². The number of amides is 1. The van der Waals surface area contributed by atoms with Crippen LogP contribution in [0.25, 0.3) is 0 Å². The van der Waals surface area contributed by atoms with Gasteiger partial charge in [0.1, 0.15) is 0 Å². The first-order chi connectivity index (χ1) is 17.7. The van der Waals surface area contributed by atoms with E-state index in [1.54, 1.807) is 42.5 Å². The average molecular weight is 566 g/mol. The van der Waals surface area contributed by atoms with E-state index in [0.29, 0.717) is 33.4 Å². The van der Waals surface area contributed by atoms with Gasteiger partial charge in [0.05, 0.1) is 39.0 Å². The number of hydrazone groups is 1. The maximum atomic E-state index is 13.4. The molecule has 3 aromatic carbocycles. The van der Waals surface area contributed by atoms with Crippen LogP contribution in [0.2, 0.25) is 10.0 Å². The molecule has 1 N–H and O–H groups in total. The van der Waals surface area contributed by atoms with Gasteiger partial charge in [0.25, 0.3) is 5.91 Å². The standard InChI is InChI=1S/C25H25Cl2N3O6S/c1-34-22-12-10-17(24(35-2)25(22)36-3)14-28-29-23(31)16-30(15-18-9-11-19(26)13-21(18)27)37(32,33)20-7-5-4-6-8-20/h4-14H,15-16H2,1-3H3,(H,29,31)/b28-14-. The third-order valence-corrected chi connectivity index (χ3v) is 7.58. The second-order valence-electron chi connectivity index (χ2n) is 7.54. The first-order valence-electron chi connectivity index (χ1n) is 10.8. The number of methoxy groups -OCH3 is 3. The highest BCUT2D eigenvalue weighted by atomic mass is 35.5. The Kier molecular flexibility index (Phi) is 9.76. The summed E-state index contributed by atoms with van der Waals surface area (Å²) in [5, 5.41) is 4.64. The zero-order valence-corrected chi connectivity index (χ0v) is 22.6. The normalized spacial score (nSPS) is 11.5. The van der Waals surface area contributed by atoms with E-state index in [0.717, 1.165) is 4.31 Å². The van der Waals surface area contributed by atoms with Gasteiger partial charge in [0.15, 0.2) is 11.5 Å². The molecule has 0 aliphatic heterocycles. The highest BCUT2D eigenvalue weighted by molar-refractivity contribution is 7.89. The summed E-state index contributed by atoms with van der Waals surface area (Å²) in [4.78, 5) is 12.8. The lowest BCUT2D eigenvalue weighted by atomic mass is 10.2. The molecule has 37 heavy (non-hydrogen) atoms.